The van der Waals surface area contributed by atoms with E-state index in [1.165, 1.54) is 24.1 Å². The van der Waals surface area contributed by atoms with Crippen molar-refractivity contribution in [3.05, 3.63) is 42.0 Å². The Labute approximate surface area is 148 Å². The second kappa shape index (κ2) is 6.86. The first-order valence-corrected chi connectivity index (χ1v) is 9.22. The van der Waals surface area contributed by atoms with Crippen LogP contribution in [0.25, 0.3) is 0 Å². The summed E-state index contributed by atoms with van der Waals surface area (Å²) in [6.45, 7) is 3.45. The Bertz CT molecular complexity index is 752. The second-order valence-electron chi connectivity index (χ2n) is 7.12. The Morgan fingerprint density at radius 2 is 2.12 bits per heavy atom. The van der Waals surface area contributed by atoms with Crippen molar-refractivity contribution in [2.45, 2.75) is 57.7 Å². The summed E-state index contributed by atoms with van der Waals surface area (Å²) in [4.78, 5) is 14.7. The molecule has 132 valence electrons. The van der Waals surface area contributed by atoms with Gasteiger partial charge in [-0.15, -0.1) is 10.2 Å². The van der Waals surface area contributed by atoms with Crippen molar-refractivity contribution in [2.75, 3.05) is 11.4 Å². The lowest BCUT2D eigenvalue weighted by atomic mass is 9.96. The number of aryl methyl sites for hydroxylation is 1. The lowest BCUT2D eigenvalue weighted by Crippen LogP contribution is -2.40. The fraction of sp³-hybridized carbons (Fsp3) is 0.526. The first-order chi connectivity index (χ1) is 12.2. The molecule has 0 bridgehead atoms. The number of carbonyl (C=O) groups excluding carboxylic acids is 1. The van der Waals surface area contributed by atoms with E-state index in [1.54, 1.807) is 6.33 Å². The highest BCUT2D eigenvalue weighted by atomic mass is 16.1. The summed E-state index contributed by atoms with van der Waals surface area (Å²) in [7, 11) is 0. The summed E-state index contributed by atoms with van der Waals surface area (Å²) in [5.41, 5.74) is 2.67. The molecule has 4 rings (SSSR count). The zero-order chi connectivity index (χ0) is 17.2. The average molecular weight is 339 g/mol. The van der Waals surface area contributed by atoms with Crippen LogP contribution >= 0.6 is 0 Å². The monoisotopic (exact) mass is 339 g/mol. The standard InChI is InChI=1S/C19H25N5O/c1-14-6-7-15-4-2-3-5-17(15)23(14)11-10-19(25)20-12-18-22-21-13-24(18)16-8-9-16/h2-5,13-14,16H,6-12H2,1H3,(H,20,25)/t14-/m1/s1. The zero-order valence-electron chi connectivity index (χ0n) is 14.7. The number of para-hydroxylation sites is 1. The summed E-state index contributed by atoms with van der Waals surface area (Å²) < 4.78 is 2.09. The largest absolute Gasteiger partial charge is 0.368 e. The molecule has 0 spiro atoms. The molecular weight excluding hydrogens is 314 g/mol. The van der Waals surface area contributed by atoms with E-state index in [1.807, 2.05) is 0 Å². The van der Waals surface area contributed by atoms with E-state index in [2.05, 4.69) is 56.2 Å². The van der Waals surface area contributed by atoms with E-state index >= 15 is 0 Å². The van der Waals surface area contributed by atoms with Crippen LogP contribution in [0.5, 0.6) is 0 Å². The number of fused-ring (bicyclic) bond motifs is 1. The molecule has 1 atom stereocenters. The first-order valence-electron chi connectivity index (χ1n) is 9.22. The average Bonchev–Trinajstić information content (AvgIpc) is 3.37. The van der Waals surface area contributed by atoms with E-state index in [4.69, 9.17) is 0 Å². The molecule has 0 saturated heterocycles. The van der Waals surface area contributed by atoms with Gasteiger partial charge in [0.05, 0.1) is 6.54 Å². The normalized spacial score (nSPS) is 19.6. The molecule has 6 nitrogen and oxygen atoms in total. The van der Waals surface area contributed by atoms with Gasteiger partial charge in [0.2, 0.25) is 5.91 Å². The molecule has 1 aromatic carbocycles. The fourth-order valence-corrected chi connectivity index (χ4v) is 3.64. The molecule has 1 amide bonds. The van der Waals surface area contributed by atoms with Gasteiger partial charge < -0.3 is 14.8 Å². The van der Waals surface area contributed by atoms with Gasteiger partial charge in [0, 0.05) is 30.7 Å². The third-order valence-electron chi connectivity index (χ3n) is 5.28. The minimum Gasteiger partial charge on any atom is -0.368 e. The molecule has 2 aliphatic rings. The van der Waals surface area contributed by atoms with E-state index in [9.17, 15) is 4.79 Å². The summed E-state index contributed by atoms with van der Waals surface area (Å²) in [6, 6.07) is 9.54. The number of hydrogen-bond donors (Lipinski definition) is 1. The maximum Gasteiger partial charge on any atom is 0.222 e. The van der Waals surface area contributed by atoms with Gasteiger partial charge in [0.25, 0.3) is 0 Å². The predicted molar refractivity (Wildman–Crippen MR) is 96.3 cm³/mol. The number of benzene rings is 1. The van der Waals surface area contributed by atoms with Gasteiger partial charge in [-0.2, -0.15) is 0 Å². The van der Waals surface area contributed by atoms with Gasteiger partial charge in [-0.3, -0.25) is 4.79 Å². The molecule has 1 aromatic heterocycles. The fourth-order valence-electron chi connectivity index (χ4n) is 3.64. The van der Waals surface area contributed by atoms with Crippen molar-refractivity contribution in [3.8, 4) is 0 Å². The summed E-state index contributed by atoms with van der Waals surface area (Å²) in [5.74, 6) is 0.924. The number of nitrogens with one attached hydrogen (secondary N) is 1. The van der Waals surface area contributed by atoms with Crippen LogP contribution in [0, 0.1) is 0 Å². The van der Waals surface area contributed by atoms with E-state index < -0.39 is 0 Å². The molecule has 1 saturated carbocycles. The van der Waals surface area contributed by atoms with Crippen molar-refractivity contribution in [2.24, 2.45) is 0 Å². The Hall–Kier alpha value is -2.37. The molecular formula is C19H25N5O. The van der Waals surface area contributed by atoms with Crippen LogP contribution in [0.3, 0.4) is 0 Å². The number of rotatable bonds is 6. The van der Waals surface area contributed by atoms with Crippen LogP contribution in [0.1, 0.15) is 50.0 Å². The van der Waals surface area contributed by atoms with Crippen LogP contribution in [-0.4, -0.2) is 33.3 Å². The maximum absolute atomic E-state index is 12.3. The van der Waals surface area contributed by atoms with Gasteiger partial charge >= 0.3 is 0 Å². The highest BCUT2D eigenvalue weighted by molar-refractivity contribution is 5.76. The molecule has 6 heteroatoms. The molecule has 0 unspecified atom stereocenters. The summed E-state index contributed by atoms with van der Waals surface area (Å²) in [6.07, 6.45) is 6.90. The van der Waals surface area contributed by atoms with Gasteiger partial charge in [-0.05, 0) is 44.2 Å². The molecule has 1 N–H and O–H groups in total. The van der Waals surface area contributed by atoms with Crippen molar-refractivity contribution in [1.82, 2.24) is 20.1 Å². The first kappa shape index (κ1) is 16.1. The molecule has 2 aromatic rings. The third-order valence-corrected chi connectivity index (χ3v) is 5.28. The van der Waals surface area contributed by atoms with Gasteiger partial charge in [-0.1, -0.05) is 18.2 Å². The number of amides is 1. The molecule has 1 fully saturated rings. The Kier molecular flexibility index (Phi) is 4.42. The Morgan fingerprint density at radius 3 is 2.96 bits per heavy atom. The van der Waals surface area contributed by atoms with Gasteiger partial charge in [-0.25, -0.2) is 0 Å². The van der Waals surface area contributed by atoms with Crippen LogP contribution in [-0.2, 0) is 17.8 Å². The smallest absolute Gasteiger partial charge is 0.222 e. The zero-order valence-corrected chi connectivity index (χ0v) is 14.7. The molecule has 25 heavy (non-hydrogen) atoms. The molecule has 0 radical (unpaired) electrons. The number of aromatic nitrogens is 3. The quantitative estimate of drug-likeness (QED) is 0.878. The van der Waals surface area contributed by atoms with Crippen molar-refractivity contribution < 1.29 is 4.79 Å². The lowest BCUT2D eigenvalue weighted by Gasteiger charge is -2.37. The highest BCUT2D eigenvalue weighted by Gasteiger charge is 2.26. The molecule has 1 aliphatic carbocycles. The topological polar surface area (TPSA) is 63.1 Å². The lowest BCUT2D eigenvalue weighted by molar-refractivity contribution is -0.121. The summed E-state index contributed by atoms with van der Waals surface area (Å²) in [5, 5.41) is 11.1. The Balaban J connectivity index is 1.32. The van der Waals surface area contributed by atoms with E-state index in [0.717, 1.165) is 25.2 Å². The number of hydrogen-bond acceptors (Lipinski definition) is 4. The Morgan fingerprint density at radius 1 is 1.28 bits per heavy atom. The van der Waals surface area contributed by atoms with Crippen molar-refractivity contribution in [1.29, 1.82) is 0 Å². The van der Waals surface area contributed by atoms with E-state index in [-0.39, 0.29) is 5.91 Å². The predicted octanol–water partition coefficient (Wildman–Crippen LogP) is 2.46. The van der Waals surface area contributed by atoms with Crippen LogP contribution in [0.2, 0.25) is 0 Å². The third kappa shape index (κ3) is 3.52. The van der Waals surface area contributed by atoms with Gasteiger partial charge in [0.15, 0.2) is 5.82 Å². The summed E-state index contributed by atoms with van der Waals surface area (Å²) >= 11 is 0. The van der Waals surface area contributed by atoms with Crippen molar-refractivity contribution in [3.63, 3.8) is 0 Å². The maximum atomic E-state index is 12.3. The number of anilines is 1. The van der Waals surface area contributed by atoms with E-state index in [0.29, 0.717) is 25.0 Å². The van der Waals surface area contributed by atoms with Crippen LogP contribution in [0.15, 0.2) is 30.6 Å². The second-order valence-corrected chi connectivity index (χ2v) is 7.12. The number of carbonyl (C=O) groups is 1. The minimum atomic E-state index is 0.0700. The van der Waals surface area contributed by atoms with Crippen LogP contribution in [0.4, 0.5) is 5.69 Å². The van der Waals surface area contributed by atoms with Crippen molar-refractivity contribution >= 4 is 11.6 Å². The minimum absolute atomic E-state index is 0.0700. The molecule has 2 heterocycles. The molecule has 1 aliphatic heterocycles. The van der Waals surface area contributed by atoms with Gasteiger partial charge in [0.1, 0.15) is 6.33 Å². The number of nitrogens with zero attached hydrogens (tertiary/aromatic N) is 4. The SMILES string of the molecule is C[C@@H]1CCc2ccccc2N1CCC(=O)NCc1nncn1C1CC1. The van der Waals surface area contributed by atoms with Crippen LogP contribution < -0.4 is 10.2 Å². The highest BCUT2D eigenvalue weighted by Crippen LogP contribution is 2.35.